The van der Waals surface area contributed by atoms with E-state index in [1.807, 2.05) is 19.2 Å². The molecule has 0 fully saturated rings. The Kier molecular flexibility index (Phi) is 3.36. The lowest BCUT2D eigenvalue weighted by atomic mass is 9.94. The number of fused-ring (bicyclic) bond motifs is 2. The van der Waals surface area contributed by atoms with Gasteiger partial charge in [-0.3, -0.25) is 9.78 Å². The number of nitrogens with zero attached hydrogens (tertiary/aromatic N) is 2. The first-order valence-electron chi connectivity index (χ1n) is 6.55. The molecule has 1 aromatic carbocycles. The number of aliphatic carboxylic acids is 1. The Morgan fingerprint density at radius 1 is 1.50 bits per heavy atom. The van der Waals surface area contributed by atoms with Gasteiger partial charge >= 0.3 is 5.97 Å². The normalized spacial score (nSPS) is 15.3. The summed E-state index contributed by atoms with van der Waals surface area (Å²) < 4.78 is 0. The number of likely N-dealkylation sites (N-methyl/N-ethyl adjacent to an activating group) is 1. The number of benzene rings is 1. The molecule has 1 N–H and O–H groups in total. The monoisotopic (exact) mass is 290 g/mol. The van der Waals surface area contributed by atoms with Gasteiger partial charge in [0.1, 0.15) is 0 Å². The number of carbonyl (C=O) groups is 1. The lowest BCUT2D eigenvalue weighted by Crippen LogP contribution is -2.29. The van der Waals surface area contributed by atoms with E-state index < -0.39 is 5.97 Å². The number of halogens is 1. The van der Waals surface area contributed by atoms with Crippen molar-refractivity contribution in [3.8, 4) is 0 Å². The molecule has 2 aromatic rings. The lowest BCUT2D eigenvalue weighted by molar-refractivity contribution is -0.136. The SMILES string of the molecule is CN1CCc2nc3ccc(Cl)cc3c(CC(=O)O)c2C1. The van der Waals surface area contributed by atoms with Crippen molar-refractivity contribution in [2.75, 3.05) is 13.6 Å². The van der Waals surface area contributed by atoms with Crippen molar-refractivity contribution in [3.63, 3.8) is 0 Å². The largest absolute Gasteiger partial charge is 0.481 e. The highest BCUT2D eigenvalue weighted by molar-refractivity contribution is 6.31. The van der Waals surface area contributed by atoms with Gasteiger partial charge in [0.15, 0.2) is 0 Å². The molecule has 1 aliphatic rings. The molecule has 0 amide bonds. The van der Waals surface area contributed by atoms with Gasteiger partial charge in [0, 0.05) is 35.6 Å². The molecule has 1 aromatic heterocycles. The van der Waals surface area contributed by atoms with E-state index in [1.165, 1.54) is 0 Å². The molecule has 0 saturated carbocycles. The van der Waals surface area contributed by atoms with E-state index in [9.17, 15) is 9.90 Å². The van der Waals surface area contributed by atoms with E-state index in [1.54, 1.807) is 6.07 Å². The molecule has 0 spiro atoms. The third-order valence-electron chi connectivity index (χ3n) is 3.74. The average molecular weight is 291 g/mol. The number of pyridine rings is 1. The summed E-state index contributed by atoms with van der Waals surface area (Å²) in [4.78, 5) is 18.1. The lowest BCUT2D eigenvalue weighted by Gasteiger charge is -2.27. The van der Waals surface area contributed by atoms with E-state index in [-0.39, 0.29) is 6.42 Å². The van der Waals surface area contributed by atoms with Crippen LogP contribution in [0.3, 0.4) is 0 Å². The van der Waals surface area contributed by atoms with Gasteiger partial charge in [-0.1, -0.05) is 11.6 Å². The van der Waals surface area contributed by atoms with E-state index in [0.29, 0.717) is 5.02 Å². The molecule has 2 heterocycles. The molecule has 0 radical (unpaired) electrons. The zero-order chi connectivity index (χ0) is 14.3. The second-order valence-corrected chi connectivity index (χ2v) is 5.67. The van der Waals surface area contributed by atoms with Crippen LogP contribution >= 0.6 is 11.6 Å². The number of hydrogen-bond donors (Lipinski definition) is 1. The van der Waals surface area contributed by atoms with Gasteiger partial charge in [0.2, 0.25) is 0 Å². The minimum atomic E-state index is -0.826. The van der Waals surface area contributed by atoms with Crippen molar-refractivity contribution in [3.05, 3.63) is 40.0 Å². The maximum Gasteiger partial charge on any atom is 0.307 e. The summed E-state index contributed by atoms with van der Waals surface area (Å²) >= 11 is 6.05. The molecule has 0 saturated heterocycles. The summed E-state index contributed by atoms with van der Waals surface area (Å²) in [7, 11) is 2.04. The van der Waals surface area contributed by atoms with Gasteiger partial charge in [-0.05, 0) is 36.4 Å². The molecule has 0 bridgehead atoms. The predicted molar refractivity (Wildman–Crippen MR) is 78.1 cm³/mol. The first kappa shape index (κ1) is 13.3. The maximum atomic E-state index is 11.2. The van der Waals surface area contributed by atoms with Crippen LogP contribution in [0.1, 0.15) is 16.8 Å². The summed E-state index contributed by atoms with van der Waals surface area (Å²) in [5, 5.41) is 10.7. The standard InChI is InChI=1S/C15H15ClN2O2/c1-18-5-4-14-12(8-18)10(7-15(19)20)11-6-9(16)2-3-13(11)17-14/h2-3,6H,4-5,7-8H2,1H3,(H,19,20). The highest BCUT2D eigenvalue weighted by atomic mass is 35.5. The Bertz CT molecular complexity index is 700. The Hall–Kier alpha value is -1.65. The first-order valence-corrected chi connectivity index (χ1v) is 6.92. The van der Waals surface area contributed by atoms with Crippen LogP contribution in [0, 0.1) is 0 Å². The number of aromatic nitrogens is 1. The Labute approximate surface area is 122 Å². The molecule has 3 rings (SSSR count). The van der Waals surface area contributed by atoms with E-state index in [2.05, 4.69) is 9.88 Å². The minimum absolute atomic E-state index is 0.00946. The van der Waals surface area contributed by atoms with Gasteiger partial charge in [-0.15, -0.1) is 0 Å². The van der Waals surface area contributed by atoms with Crippen LogP contribution < -0.4 is 0 Å². The average Bonchev–Trinajstić information content (AvgIpc) is 2.39. The fourth-order valence-corrected chi connectivity index (χ4v) is 2.96. The quantitative estimate of drug-likeness (QED) is 0.923. The highest BCUT2D eigenvalue weighted by Crippen LogP contribution is 2.29. The van der Waals surface area contributed by atoms with Gasteiger partial charge in [-0.25, -0.2) is 0 Å². The zero-order valence-corrected chi connectivity index (χ0v) is 11.9. The fourth-order valence-electron chi connectivity index (χ4n) is 2.79. The number of carboxylic acid groups (broad SMARTS) is 1. The van der Waals surface area contributed by atoms with Gasteiger partial charge < -0.3 is 10.0 Å². The van der Waals surface area contributed by atoms with Gasteiger partial charge in [-0.2, -0.15) is 0 Å². The molecular formula is C15H15ClN2O2. The Morgan fingerprint density at radius 3 is 3.05 bits per heavy atom. The van der Waals surface area contributed by atoms with Gasteiger partial charge in [0.05, 0.1) is 11.9 Å². The van der Waals surface area contributed by atoms with Crippen LogP contribution in [0.2, 0.25) is 5.02 Å². The van der Waals surface area contributed by atoms with Crippen LogP contribution in [0.15, 0.2) is 18.2 Å². The highest BCUT2D eigenvalue weighted by Gasteiger charge is 2.21. The van der Waals surface area contributed by atoms with E-state index in [4.69, 9.17) is 11.6 Å². The third-order valence-corrected chi connectivity index (χ3v) is 3.97. The van der Waals surface area contributed by atoms with E-state index in [0.717, 1.165) is 47.2 Å². The van der Waals surface area contributed by atoms with E-state index >= 15 is 0 Å². The van der Waals surface area contributed by atoms with Crippen molar-refractivity contribution in [2.45, 2.75) is 19.4 Å². The predicted octanol–water partition coefficient (Wildman–Crippen LogP) is 2.50. The maximum absolute atomic E-state index is 11.2. The molecule has 104 valence electrons. The van der Waals surface area contributed by atoms with Crippen LogP contribution in [0.5, 0.6) is 0 Å². The third kappa shape index (κ3) is 2.37. The second-order valence-electron chi connectivity index (χ2n) is 5.24. The van der Waals surface area contributed by atoms with Crippen molar-refractivity contribution in [2.24, 2.45) is 0 Å². The number of rotatable bonds is 2. The topological polar surface area (TPSA) is 53.4 Å². The minimum Gasteiger partial charge on any atom is -0.481 e. The Balaban J connectivity index is 2.28. The Morgan fingerprint density at radius 2 is 2.30 bits per heavy atom. The van der Waals surface area contributed by atoms with Crippen molar-refractivity contribution in [1.29, 1.82) is 0 Å². The summed E-state index contributed by atoms with van der Waals surface area (Å²) in [6, 6.07) is 5.47. The molecule has 1 aliphatic heterocycles. The molecule has 4 nitrogen and oxygen atoms in total. The molecular weight excluding hydrogens is 276 g/mol. The van der Waals surface area contributed by atoms with Crippen LogP contribution in [0.4, 0.5) is 0 Å². The number of hydrogen-bond acceptors (Lipinski definition) is 3. The molecule has 20 heavy (non-hydrogen) atoms. The van der Waals surface area contributed by atoms with Gasteiger partial charge in [0.25, 0.3) is 0 Å². The van der Waals surface area contributed by atoms with Crippen LogP contribution in [-0.2, 0) is 24.2 Å². The van der Waals surface area contributed by atoms with Crippen LogP contribution in [0.25, 0.3) is 10.9 Å². The molecule has 0 unspecified atom stereocenters. The zero-order valence-electron chi connectivity index (χ0n) is 11.2. The molecule has 0 aliphatic carbocycles. The second kappa shape index (κ2) is 5.04. The van der Waals surface area contributed by atoms with Crippen molar-refractivity contribution < 1.29 is 9.90 Å². The fraction of sp³-hybridized carbons (Fsp3) is 0.333. The van der Waals surface area contributed by atoms with Crippen molar-refractivity contribution in [1.82, 2.24) is 9.88 Å². The summed E-state index contributed by atoms with van der Waals surface area (Å²) in [6.07, 6.45) is 0.868. The van der Waals surface area contributed by atoms with Crippen LogP contribution in [-0.4, -0.2) is 34.6 Å². The summed E-state index contributed by atoms with van der Waals surface area (Å²) in [6.45, 7) is 1.69. The molecule has 0 atom stereocenters. The smallest absolute Gasteiger partial charge is 0.307 e. The molecule has 5 heteroatoms. The summed E-state index contributed by atoms with van der Waals surface area (Å²) in [5.41, 5.74) is 3.76. The van der Waals surface area contributed by atoms with Crippen molar-refractivity contribution >= 4 is 28.5 Å². The first-order chi connectivity index (χ1) is 9.54. The summed E-state index contributed by atoms with van der Waals surface area (Å²) in [5.74, 6) is -0.826. The number of carboxylic acids is 1.